The quantitative estimate of drug-likeness (QED) is 0.774. The van der Waals surface area contributed by atoms with Gasteiger partial charge in [-0.05, 0) is 70.1 Å². The van der Waals surface area contributed by atoms with E-state index in [1.54, 1.807) is 7.11 Å². The van der Waals surface area contributed by atoms with Crippen LogP contribution in [0.4, 0.5) is 0 Å². The summed E-state index contributed by atoms with van der Waals surface area (Å²) >= 11 is 3.58. The number of piperidine rings is 1. The van der Waals surface area contributed by atoms with Crippen LogP contribution in [-0.2, 0) is 6.54 Å². The van der Waals surface area contributed by atoms with Crippen LogP contribution in [0.2, 0.25) is 0 Å². The van der Waals surface area contributed by atoms with Crippen molar-refractivity contribution in [2.45, 2.75) is 51.1 Å². The van der Waals surface area contributed by atoms with Crippen LogP contribution in [0.25, 0.3) is 0 Å². The lowest BCUT2D eigenvalue weighted by Crippen LogP contribution is -2.45. The molecule has 0 atom stereocenters. The molecule has 0 radical (unpaired) electrons. The third kappa shape index (κ3) is 4.71. The molecule has 1 aromatic rings. The number of rotatable bonds is 4. The zero-order valence-electron chi connectivity index (χ0n) is 14.3. The lowest BCUT2D eigenvalue weighted by atomic mass is 10.0. The maximum atomic E-state index is 5.52. The monoisotopic (exact) mass is 380 g/mol. The number of ether oxygens (including phenoxy) is 1. The smallest absolute Gasteiger partial charge is 0.123 e. The molecule has 128 valence electrons. The van der Waals surface area contributed by atoms with Gasteiger partial charge < -0.3 is 9.64 Å². The van der Waals surface area contributed by atoms with Gasteiger partial charge in [-0.2, -0.15) is 0 Å². The predicted molar refractivity (Wildman–Crippen MR) is 99.0 cm³/mol. The van der Waals surface area contributed by atoms with E-state index in [-0.39, 0.29) is 0 Å². The molecular formula is C19H29BrN2O. The van der Waals surface area contributed by atoms with Gasteiger partial charge in [-0.25, -0.2) is 0 Å². The number of halogens is 1. The number of hydrogen-bond acceptors (Lipinski definition) is 3. The van der Waals surface area contributed by atoms with Gasteiger partial charge in [0.1, 0.15) is 5.75 Å². The summed E-state index contributed by atoms with van der Waals surface area (Å²) in [5, 5.41) is 0. The molecule has 2 fully saturated rings. The lowest BCUT2D eigenvalue weighted by Gasteiger charge is -2.38. The third-order valence-corrected chi connectivity index (χ3v) is 5.84. The van der Waals surface area contributed by atoms with Gasteiger partial charge >= 0.3 is 0 Å². The van der Waals surface area contributed by atoms with E-state index >= 15 is 0 Å². The number of nitrogens with zero attached hydrogens (tertiary/aromatic N) is 2. The van der Waals surface area contributed by atoms with Crippen molar-refractivity contribution in [3.63, 3.8) is 0 Å². The van der Waals surface area contributed by atoms with Crippen LogP contribution in [0.1, 0.15) is 44.1 Å². The summed E-state index contributed by atoms with van der Waals surface area (Å²) in [4.78, 5) is 5.35. The van der Waals surface area contributed by atoms with Crippen molar-refractivity contribution in [1.29, 1.82) is 0 Å². The van der Waals surface area contributed by atoms with Gasteiger partial charge in [-0.3, -0.25) is 4.90 Å². The zero-order chi connectivity index (χ0) is 16.1. The first-order valence-electron chi connectivity index (χ1n) is 9.05. The molecule has 23 heavy (non-hydrogen) atoms. The van der Waals surface area contributed by atoms with Gasteiger partial charge in [0.2, 0.25) is 0 Å². The fourth-order valence-corrected chi connectivity index (χ4v) is 4.42. The highest BCUT2D eigenvalue weighted by Gasteiger charge is 2.25. The molecule has 2 saturated heterocycles. The third-order valence-electron chi connectivity index (χ3n) is 5.35. The van der Waals surface area contributed by atoms with Crippen molar-refractivity contribution in [3.05, 3.63) is 28.2 Å². The molecule has 3 rings (SSSR count). The van der Waals surface area contributed by atoms with E-state index in [1.807, 2.05) is 6.07 Å². The summed E-state index contributed by atoms with van der Waals surface area (Å²) < 4.78 is 6.65. The van der Waals surface area contributed by atoms with Crippen LogP contribution in [0.3, 0.4) is 0 Å². The molecule has 0 aromatic heterocycles. The Morgan fingerprint density at radius 1 is 1.04 bits per heavy atom. The molecule has 4 heteroatoms. The van der Waals surface area contributed by atoms with Crippen molar-refractivity contribution in [3.8, 4) is 5.75 Å². The second-order valence-electron chi connectivity index (χ2n) is 6.91. The van der Waals surface area contributed by atoms with Crippen molar-refractivity contribution in [2.24, 2.45) is 0 Å². The summed E-state index contributed by atoms with van der Waals surface area (Å²) in [7, 11) is 1.76. The van der Waals surface area contributed by atoms with Crippen molar-refractivity contribution in [2.75, 3.05) is 33.3 Å². The molecule has 2 heterocycles. The van der Waals surface area contributed by atoms with Gasteiger partial charge in [-0.1, -0.05) is 28.8 Å². The molecule has 0 amide bonds. The molecule has 1 aromatic carbocycles. The highest BCUT2D eigenvalue weighted by atomic mass is 79.9. The topological polar surface area (TPSA) is 15.7 Å². The molecule has 0 N–H and O–H groups in total. The minimum Gasteiger partial charge on any atom is -0.496 e. The Kier molecular flexibility index (Phi) is 6.37. The van der Waals surface area contributed by atoms with Gasteiger partial charge in [0.15, 0.2) is 0 Å². The first-order valence-corrected chi connectivity index (χ1v) is 9.84. The number of methoxy groups -OCH3 is 1. The number of likely N-dealkylation sites (tertiary alicyclic amines) is 2. The van der Waals surface area contributed by atoms with Crippen LogP contribution in [0, 0.1) is 0 Å². The average molecular weight is 381 g/mol. The maximum absolute atomic E-state index is 5.52. The summed E-state index contributed by atoms with van der Waals surface area (Å²) in [6, 6.07) is 7.12. The van der Waals surface area contributed by atoms with E-state index in [1.165, 1.54) is 70.3 Å². The minimum absolute atomic E-state index is 0.814. The van der Waals surface area contributed by atoms with Gasteiger partial charge in [0.25, 0.3) is 0 Å². The highest BCUT2D eigenvalue weighted by Crippen LogP contribution is 2.27. The standard InChI is InChI=1S/C19H29BrN2O/c1-23-19-7-6-17(20)14-16(19)15-21-12-8-18(9-13-21)22-10-4-2-3-5-11-22/h6-7,14,18H,2-5,8-13,15H2,1H3. The van der Waals surface area contributed by atoms with Crippen LogP contribution < -0.4 is 4.74 Å². The van der Waals surface area contributed by atoms with Crippen LogP contribution in [0.15, 0.2) is 22.7 Å². The first kappa shape index (κ1) is 17.2. The minimum atomic E-state index is 0.814. The number of hydrogen-bond donors (Lipinski definition) is 0. The van der Waals surface area contributed by atoms with Gasteiger partial charge in [0, 0.05) is 22.6 Å². The molecule has 0 spiro atoms. The van der Waals surface area contributed by atoms with Crippen molar-refractivity contribution >= 4 is 15.9 Å². The van der Waals surface area contributed by atoms with Crippen molar-refractivity contribution < 1.29 is 4.74 Å². The van der Waals surface area contributed by atoms with E-state index in [9.17, 15) is 0 Å². The Bertz CT molecular complexity index is 492. The van der Waals surface area contributed by atoms with E-state index in [0.717, 1.165) is 22.8 Å². The Hall–Kier alpha value is -0.580. The van der Waals surface area contributed by atoms with Crippen molar-refractivity contribution in [1.82, 2.24) is 9.80 Å². The number of benzene rings is 1. The first-order chi connectivity index (χ1) is 11.3. The average Bonchev–Trinajstić information content (AvgIpc) is 2.85. The maximum Gasteiger partial charge on any atom is 0.123 e. The molecule has 2 aliphatic rings. The van der Waals surface area contributed by atoms with Crippen LogP contribution >= 0.6 is 15.9 Å². The summed E-state index contributed by atoms with van der Waals surface area (Å²) in [6.07, 6.45) is 8.29. The Morgan fingerprint density at radius 2 is 1.74 bits per heavy atom. The van der Waals surface area contributed by atoms with Gasteiger partial charge in [0.05, 0.1) is 7.11 Å². The largest absolute Gasteiger partial charge is 0.496 e. The Morgan fingerprint density at radius 3 is 2.39 bits per heavy atom. The van der Waals surface area contributed by atoms with E-state index in [4.69, 9.17) is 4.74 Å². The predicted octanol–water partition coefficient (Wildman–Crippen LogP) is 4.30. The highest BCUT2D eigenvalue weighted by molar-refractivity contribution is 9.10. The second kappa shape index (κ2) is 8.50. The van der Waals surface area contributed by atoms with Crippen LogP contribution in [-0.4, -0.2) is 49.1 Å². The molecule has 3 nitrogen and oxygen atoms in total. The fourth-order valence-electron chi connectivity index (χ4n) is 4.01. The molecule has 0 saturated carbocycles. The normalized spacial score (nSPS) is 22.0. The molecule has 0 aliphatic carbocycles. The van der Waals surface area contributed by atoms with E-state index in [2.05, 4.69) is 37.9 Å². The lowest BCUT2D eigenvalue weighted by molar-refractivity contribution is 0.107. The fraction of sp³-hybridized carbons (Fsp3) is 0.684. The molecule has 0 bridgehead atoms. The Balaban J connectivity index is 1.54. The van der Waals surface area contributed by atoms with E-state index in [0.29, 0.717) is 0 Å². The SMILES string of the molecule is COc1ccc(Br)cc1CN1CCC(N2CCCCCC2)CC1. The summed E-state index contributed by atoms with van der Waals surface area (Å²) in [5.74, 6) is 1.00. The van der Waals surface area contributed by atoms with Gasteiger partial charge in [-0.15, -0.1) is 0 Å². The second-order valence-corrected chi connectivity index (χ2v) is 7.83. The summed E-state index contributed by atoms with van der Waals surface area (Å²) in [6.45, 7) is 6.05. The van der Waals surface area contributed by atoms with Crippen LogP contribution in [0.5, 0.6) is 5.75 Å². The summed E-state index contributed by atoms with van der Waals surface area (Å²) in [5.41, 5.74) is 1.29. The molecular weight excluding hydrogens is 352 g/mol. The Labute approximate surface area is 149 Å². The van der Waals surface area contributed by atoms with E-state index < -0.39 is 0 Å². The molecule has 0 unspecified atom stereocenters. The zero-order valence-corrected chi connectivity index (χ0v) is 15.9. The molecule has 2 aliphatic heterocycles.